The van der Waals surface area contributed by atoms with Gasteiger partial charge in [0.05, 0.1) is 12.0 Å². The summed E-state index contributed by atoms with van der Waals surface area (Å²) >= 11 is 0. The molecule has 0 aliphatic rings. The van der Waals surface area contributed by atoms with E-state index in [1.165, 1.54) is 6.92 Å². The molecule has 1 atom stereocenters. The first-order valence-corrected chi connectivity index (χ1v) is 8.38. The first kappa shape index (κ1) is 22.3. The van der Waals surface area contributed by atoms with Gasteiger partial charge in [0, 0.05) is 34.8 Å². The van der Waals surface area contributed by atoms with Gasteiger partial charge in [0.25, 0.3) is 0 Å². The number of carboxylic acids is 1. The second kappa shape index (κ2) is 9.99. The number of aliphatic carboxylic acids is 1. The van der Waals surface area contributed by atoms with Crippen LogP contribution in [0.25, 0.3) is 10.9 Å². The average molecular weight is 403 g/mol. The maximum Gasteiger partial charge on any atom is 1.00 e. The van der Waals surface area contributed by atoms with Crippen LogP contribution in [0.5, 0.6) is 0 Å². The number of urea groups is 1. The van der Waals surface area contributed by atoms with E-state index in [1.54, 1.807) is 30.5 Å². The Labute approximate surface area is 204 Å². The topological polar surface area (TPSA) is 114 Å². The number of hydrogen-bond acceptors (Lipinski definition) is 4. The number of nitrogens with one attached hydrogen (secondary N) is 3. The van der Waals surface area contributed by atoms with Gasteiger partial charge in [-0.25, -0.2) is 4.79 Å². The molecule has 1 heterocycles. The van der Waals surface area contributed by atoms with Gasteiger partial charge in [-0.3, -0.25) is 4.79 Å². The molecule has 0 spiro atoms. The number of hydrogen-bond donors (Lipinski definition) is 3. The van der Waals surface area contributed by atoms with Crippen LogP contribution in [0, 0.1) is 0 Å². The van der Waals surface area contributed by atoms with Crippen molar-refractivity contribution < 1.29 is 70.9 Å². The van der Waals surface area contributed by atoms with Crippen molar-refractivity contribution in [3.63, 3.8) is 0 Å². The van der Waals surface area contributed by atoms with Crippen molar-refractivity contribution in [3.8, 4) is 0 Å². The number of carboxylic acid groups (broad SMARTS) is 1. The minimum atomic E-state index is -1.37. The largest absolute Gasteiger partial charge is 1.00 e. The van der Waals surface area contributed by atoms with Crippen molar-refractivity contribution in [2.75, 3.05) is 5.32 Å². The van der Waals surface area contributed by atoms with Crippen LogP contribution in [-0.2, 0) is 11.2 Å². The molecule has 0 saturated carbocycles. The number of anilines is 1. The fourth-order valence-corrected chi connectivity index (χ4v) is 2.83. The molecule has 138 valence electrons. The molecule has 1 aromatic heterocycles. The molecular weight excluding hydrogens is 385 g/mol. The van der Waals surface area contributed by atoms with Crippen molar-refractivity contribution in [1.82, 2.24) is 10.3 Å². The summed E-state index contributed by atoms with van der Waals surface area (Å²) in [6.45, 7) is 1.45. The van der Waals surface area contributed by atoms with Crippen molar-refractivity contribution in [3.05, 3.63) is 65.9 Å². The number of aromatic amines is 1. The summed E-state index contributed by atoms with van der Waals surface area (Å²) in [5.41, 5.74) is 2.63. The second-order valence-corrected chi connectivity index (χ2v) is 6.17. The molecule has 0 aliphatic heterocycles. The Hall–Kier alpha value is -1.97. The number of ketones is 1. The third-order valence-electron chi connectivity index (χ3n) is 4.24. The molecule has 0 aliphatic carbocycles. The van der Waals surface area contributed by atoms with E-state index in [1.807, 2.05) is 24.3 Å². The van der Waals surface area contributed by atoms with E-state index in [0.29, 0.717) is 11.3 Å². The van der Waals surface area contributed by atoms with E-state index in [2.05, 4.69) is 15.6 Å². The molecule has 0 radical (unpaired) electrons. The molecule has 7 nitrogen and oxygen atoms in total. The van der Waals surface area contributed by atoms with Gasteiger partial charge >= 0.3 is 57.4 Å². The average Bonchev–Trinajstić information content (AvgIpc) is 3.04. The maximum atomic E-state index is 12.2. The molecule has 2 amide bonds. The summed E-state index contributed by atoms with van der Waals surface area (Å²) in [4.78, 5) is 38.0. The van der Waals surface area contributed by atoms with E-state index in [-0.39, 0.29) is 63.6 Å². The number of amides is 2. The van der Waals surface area contributed by atoms with Crippen LogP contribution in [0.4, 0.5) is 10.5 Å². The van der Waals surface area contributed by atoms with E-state index in [0.717, 1.165) is 16.5 Å². The van der Waals surface area contributed by atoms with Gasteiger partial charge in [0.1, 0.15) is 0 Å². The van der Waals surface area contributed by atoms with Crippen LogP contribution in [0.3, 0.4) is 0 Å². The molecule has 28 heavy (non-hydrogen) atoms. The Balaban J connectivity index is 0.00000280. The number of carbonyl (C=O) groups excluding carboxylic acids is 3. The molecule has 0 unspecified atom stereocenters. The Morgan fingerprint density at radius 1 is 1.07 bits per heavy atom. The predicted octanol–water partition coefficient (Wildman–Crippen LogP) is -1.14. The summed E-state index contributed by atoms with van der Waals surface area (Å²) < 4.78 is 0. The fraction of sp³-hybridized carbons (Fsp3) is 0.150. The summed E-state index contributed by atoms with van der Waals surface area (Å²) in [5.74, 6) is -1.45. The normalized spacial score (nSPS) is 11.3. The maximum absolute atomic E-state index is 12.2. The first-order valence-electron chi connectivity index (χ1n) is 8.38. The van der Waals surface area contributed by atoms with Gasteiger partial charge in [-0.1, -0.05) is 18.2 Å². The van der Waals surface area contributed by atoms with Gasteiger partial charge in [0.15, 0.2) is 5.78 Å². The molecule has 3 aromatic rings. The number of fused-ring (bicyclic) bond motifs is 1. The van der Waals surface area contributed by atoms with Crippen LogP contribution in [-0.4, -0.2) is 28.8 Å². The molecule has 0 saturated heterocycles. The van der Waals surface area contributed by atoms with E-state index in [4.69, 9.17) is 0 Å². The Bertz CT molecular complexity index is 998. The molecule has 3 rings (SSSR count). The molecule has 0 bridgehead atoms. The van der Waals surface area contributed by atoms with Crippen LogP contribution in [0.1, 0.15) is 22.8 Å². The van der Waals surface area contributed by atoms with E-state index < -0.39 is 18.0 Å². The predicted molar refractivity (Wildman–Crippen MR) is 99.4 cm³/mol. The Morgan fingerprint density at radius 2 is 1.75 bits per heavy atom. The van der Waals surface area contributed by atoms with Crippen molar-refractivity contribution in [2.24, 2.45) is 0 Å². The zero-order valence-corrected chi connectivity index (χ0v) is 18.7. The summed E-state index contributed by atoms with van der Waals surface area (Å²) in [6, 6.07) is 12.0. The summed E-state index contributed by atoms with van der Waals surface area (Å²) in [5, 5.41) is 17.3. The number of Topliss-reactive ketones (excluding diaryl/α,β-unsaturated/α-hetero) is 1. The standard InChI is InChI=1S/C20H19N3O4.K/c1-12(24)13-6-8-15(9-7-13)22-20(27)23-18(19(25)26)10-14-11-21-17-5-3-2-4-16(14)17;/h2-9,11,18,21H,10H2,1H3,(H,25,26)(H2,22,23,27);/q;+1/p-1/t18-;/m1./s1. The summed E-state index contributed by atoms with van der Waals surface area (Å²) in [7, 11) is 0. The third kappa shape index (κ3) is 5.52. The van der Waals surface area contributed by atoms with Gasteiger partial charge in [-0.15, -0.1) is 0 Å². The van der Waals surface area contributed by atoms with Crippen molar-refractivity contribution in [1.29, 1.82) is 0 Å². The fourth-order valence-electron chi connectivity index (χ4n) is 2.83. The zero-order valence-electron chi connectivity index (χ0n) is 15.6. The minimum absolute atomic E-state index is 0. The zero-order chi connectivity index (χ0) is 19.4. The number of benzene rings is 2. The quantitative estimate of drug-likeness (QED) is 0.356. The SMILES string of the molecule is CC(=O)c1ccc(NC(=O)N[C@H](Cc2c[nH]c3ccccc23)C(=O)[O-])cc1.[K+]. The first-order chi connectivity index (χ1) is 12.9. The Kier molecular flexibility index (Phi) is 7.96. The molecule has 0 fully saturated rings. The van der Waals surface area contributed by atoms with E-state index in [9.17, 15) is 19.5 Å². The van der Waals surface area contributed by atoms with Crippen molar-refractivity contribution >= 4 is 34.4 Å². The van der Waals surface area contributed by atoms with Crippen LogP contribution in [0.15, 0.2) is 54.7 Å². The summed E-state index contributed by atoms with van der Waals surface area (Å²) in [6.07, 6.45) is 1.81. The van der Waals surface area contributed by atoms with Crippen LogP contribution < -0.4 is 67.1 Å². The van der Waals surface area contributed by atoms with Crippen molar-refractivity contribution in [2.45, 2.75) is 19.4 Å². The minimum Gasteiger partial charge on any atom is -0.548 e. The van der Waals surface area contributed by atoms with E-state index >= 15 is 0 Å². The smallest absolute Gasteiger partial charge is 0.548 e. The molecular formula is C20H18KN3O4. The second-order valence-electron chi connectivity index (χ2n) is 6.17. The number of rotatable bonds is 6. The molecule has 3 N–H and O–H groups in total. The monoisotopic (exact) mass is 403 g/mol. The number of H-pyrrole nitrogens is 1. The molecule has 2 aromatic carbocycles. The third-order valence-corrected chi connectivity index (χ3v) is 4.24. The van der Waals surface area contributed by atoms with Crippen LogP contribution in [0.2, 0.25) is 0 Å². The number of aromatic nitrogens is 1. The number of para-hydroxylation sites is 1. The van der Waals surface area contributed by atoms with Crippen LogP contribution >= 0.6 is 0 Å². The molecule has 8 heteroatoms. The van der Waals surface area contributed by atoms with Gasteiger partial charge in [0.2, 0.25) is 0 Å². The Morgan fingerprint density at radius 3 is 2.39 bits per heavy atom. The van der Waals surface area contributed by atoms with Gasteiger partial charge in [-0.2, -0.15) is 0 Å². The van der Waals surface area contributed by atoms with Gasteiger partial charge < -0.3 is 25.5 Å². The van der Waals surface area contributed by atoms with Gasteiger partial charge in [-0.05, 0) is 42.8 Å². The number of carbonyl (C=O) groups is 3.